The number of carbonyl (C=O) groups excluding carboxylic acids is 1. The third-order valence-corrected chi connectivity index (χ3v) is 4.44. The first-order valence-corrected chi connectivity index (χ1v) is 7.93. The van der Waals surface area contributed by atoms with Crippen molar-refractivity contribution in [2.45, 2.75) is 32.1 Å². The summed E-state index contributed by atoms with van der Waals surface area (Å²) in [5, 5.41) is 16.6. The predicted molar refractivity (Wildman–Crippen MR) is 84.7 cm³/mol. The van der Waals surface area contributed by atoms with Crippen molar-refractivity contribution in [1.82, 2.24) is 15.2 Å². The van der Waals surface area contributed by atoms with E-state index in [9.17, 15) is 9.59 Å². The second-order valence-electron chi connectivity index (χ2n) is 6.08. The van der Waals surface area contributed by atoms with Gasteiger partial charge < -0.3 is 10.0 Å². The van der Waals surface area contributed by atoms with Crippen LogP contribution in [-0.2, 0) is 11.2 Å². The number of benzene rings is 1. The Morgan fingerprint density at radius 2 is 2.21 bits per heavy atom. The molecule has 1 aromatic carbocycles. The van der Waals surface area contributed by atoms with Gasteiger partial charge in [-0.05, 0) is 37.5 Å². The molecular formula is C17H19N3O4. The fourth-order valence-electron chi connectivity index (χ4n) is 3.07. The zero-order valence-electron chi connectivity index (χ0n) is 13.4. The van der Waals surface area contributed by atoms with E-state index in [4.69, 9.17) is 5.11 Å². The first-order chi connectivity index (χ1) is 11.5. The van der Waals surface area contributed by atoms with Crippen LogP contribution in [-0.4, -0.2) is 45.3 Å². The normalized spacial score (nSPS) is 17.7. The topological polar surface area (TPSA) is 96.5 Å². The molecule has 1 fully saturated rings. The molecule has 2 heterocycles. The maximum atomic E-state index is 12.5. The Kier molecular flexibility index (Phi) is 4.59. The Balaban J connectivity index is 1.70. The van der Waals surface area contributed by atoms with Crippen LogP contribution in [0, 0.1) is 6.92 Å². The van der Waals surface area contributed by atoms with Crippen LogP contribution >= 0.6 is 0 Å². The molecule has 7 heteroatoms. The van der Waals surface area contributed by atoms with Gasteiger partial charge in [0, 0.05) is 19.0 Å². The molecule has 0 saturated carbocycles. The Labute approximate surface area is 139 Å². The van der Waals surface area contributed by atoms with Gasteiger partial charge in [0.2, 0.25) is 5.91 Å². The molecule has 1 saturated heterocycles. The van der Waals surface area contributed by atoms with E-state index in [1.165, 1.54) is 0 Å². The van der Waals surface area contributed by atoms with Gasteiger partial charge in [-0.1, -0.05) is 22.4 Å². The lowest BCUT2D eigenvalue weighted by Gasteiger charge is -2.33. The first-order valence-electron chi connectivity index (χ1n) is 7.93. The average molecular weight is 329 g/mol. The number of carbonyl (C=O) groups is 2. The van der Waals surface area contributed by atoms with Crippen molar-refractivity contribution in [1.29, 1.82) is 0 Å². The van der Waals surface area contributed by atoms with Crippen LogP contribution in [0.2, 0.25) is 0 Å². The molecule has 24 heavy (non-hydrogen) atoms. The quantitative estimate of drug-likeness (QED) is 0.922. The molecule has 2 aromatic rings. The van der Waals surface area contributed by atoms with E-state index in [0.29, 0.717) is 24.5 Å². The van der Waals surface area contributed by atoms with E-state index in [1.807, 2.05) is 11.0 Å². The largest absolute Gasteiger partial charge is 0.478 e. The molecule has 1 aliphatic rings. The van der Waals surface area contributed by atoms with Crippen LogP contribution in [0.25, 0.3) is 0 Å². The smallest absolute Gasteiger partial charge is 0.335 e. The highest BCUT2D eigenvalue weighted by Gasteiger charge is 2.26. The van der Waals surface area contributed by atoms with E-state index in [-0.39, 0.29) is 23.8 Å². The van der Waals surface area contributed by atoms with Crippen LogP contribution in [0.4, 0.5) is 0 Å². The van der Waals surface area contributed by atoms with Gasteiger partial charge in [-0.25, -0.2) is 9.42 Å². The van der Waals surface area contributed by atoms with Crippen LogP contribution in [0.3, 0.4) is 0 Å². The van der Waals surface area contributed by atoms with Crippen molar-refractivity contribution >= 4 is 11.9 Å². The molecule has 1 aromatic heterocycles. The van der Waals surface area contributed by atoms with Crippen LogP contribution < -0.4 is 0 Å². The highest BCUT2D eigenvalue weighted by atomic mass is 16.6. The number of amides is 1. The zero-order valence-corrected chi connectivity index (χ0v) is 13.4. The molecule has 3 rings (SSSR count). The minimum Gasteiger partial charge on any atom is -0.478 e. The number of aryl methyl sites for hydroxylation is 1. The number of carboxylic acids is 1. The molecule has 7 nitrogen and oxygen atoms in total. The Morgan fingerprint density at radius 3 is 2.92 bits per heavy atom. The van der Waals surface area contributed by atoms with E-state index in [0.717, 1.165) is 18.4 Å². The zero-order chi connectivity index (χ0) is 17.1. The van der Waals surface area contributed by atoms with Gasteiger partial charge in [-0.3, -0.25) is 4.79 Å². The van der Waals surface area contributed by atoms with E-state index < -0.39 is 5.97 Å². The number of likely N-dealkylation sites (tertiary alicyclic amines) is 1. The lowest BCUT2D eigenvalue weighted by Crippen LogP contribution is -2.40. The van der Waals surface area contributed by atoms with Crippen molar-refractivity contribution in [3.05, 3.63) is 46.8 Å². The van der Waals surface area contributed by atoms with Gasteiger partial charge in [0.1, 0.15) is 11.4 Å². The van der Waals surface area contributed by atoms with E-state index in [1.54, 1.807) is 25.1 Å². The molecule has 0 spiro atoms. The van der Waals surface area contributed by atoms with Crippen molar-refractivity contribution in [2.75, 3.05) is 13.1 Å². The summed E-state index contributed by atoms with van der Waals surface area (Å²) in [6.07, 6.45) is 2.01. The SMILES string of the molecule is Cc1nonc1CC(=O)N1CCC[C@H](c2cccc(C(=O)O)c2)C1. The highest BCUT2D eigenvalue weighted by molar-refractivity contribution is 5.87. The van der Waals surface area contributed by atoms with Gasteiger partial charge in [-0.2, -0.15) is 0 Å². The lowest BCUT2D eigenvalue weighted by atomic mass is 9.89. The molecule has 0 aliphatic carbocycles. The Morgan fingerprint density at radius 1 is 1.38 bits per heavy atom. The number of rotatable bonds is 4. The van der Waals surface area contributed by atoms with Gasteiger partial charge >= 0.3 is 5.97 Å². The number of hydrogen-bond donors (Lipinski definition) is 1. The number of nitrogens with zero attached hydrogens (tertiary/aromatic N) is 3. The maximum Gasteiger partial charge on any atom is 0.335 e. The third-order valence-electron chi connectivity index (χ3n) is 4.44. The number of carboxylic acid groups (broad SMARTS) is 1. The summed E-state index contributed by atoms with van der Waals surface area (Å²) in [5.74, 6) is -0.791. The second-order valence-corrected chi connectivity index (χ2v) is 6.08. The monoisotopic (exact) mass is 329 g/mol. The standard InChI is InChI=1S/C17H19N3O4/c1-11-15(19-24-18-11)9-16(21)20-7-3-6-14(10-20)12-4-2-5-13(8-12)17(22)23/h2,4-5,8,14H,3,6-7,9-10H2,1H3,(H,22,23)/t14-/m0/s1. The second kappa shape index (κ2) is 6.82. The lowest BCUT2D eigenvalue weighted by molar-refractivity contribution is -0.131. The van der Waals surface area contributed by atoms with Crippen molar-refractivity contribution in [3.8, 4) is 0 Å². The molecule has 1 amide bonds. The molecule has 0 bridgehead atoms. The maximum absolute atomic E-state index is 12.5. The number of hydrogen-bond acceptors (Lipinski definition) is 5. The Bertz CT molecular complexity index is 756. The van der Waals surface area contributed by atoms with Crippen molar-refractivity contribution in [3.63, 3.8) is 0 Å². The molecule has 1 atom stereocenters. The van der Waals surface area contributed by atoms with Crippen LogP contribution in [0.15, 0.2) is 28.9 Å². The molecular weight excluding hydrogens is 310 g/mol. The molecule has 0 radical (unpaired) electrons. The Hall–Kier alpha value is -2.70. The summed E-state index contributed by atoms with van der Waals surface area (Å²) in [4.78, 5) is 25.4. The number of aromatic nitrogens is 2. The third kappa shape index (κ3) is 3.45. The molecule has 0 unspecified atom stereocenters. The van der Waals surface area contributed by atoms with Gasteiger partial charge in [-0.15, -0.1) is 0 Å². The minimum absolute atomic E-state index is 0.00658. The summed E-state index contributed by atoms with van der Waals surface area (Å²) < 4.78 is 4.63. The summed E-state index contributed by atoms with van der Waals surface area (Å²) in [6, 6.07) is 6.96. The van der Waals surface area contributed by atoms with Crippen LogP contribution in [0.1, 0.15) is 46.1 Å². The summed E-state index contributed by atoms with van der Waals surface area (Å²) in [6.45, 7) is 3.06. The predicted octanol–water partition coefficient (Wildman–Crippen LogP) is 2.02. The average Bonchev–Trinajstić information content (AvgIpc) is 3.00. The summed E-state index contributed by atoms with van der Waals surface area (Å²) >= 11 is 0. The van der Waals surface area contributed by atoms with E-state index >= 15 is 0 Å². The van der Waals surface area contributed by atoms with Gasteiger partial charge in [0.05, 0.1) is 12.0 Å². The van der Waals surface area contributed by atoms with Crippen molar-refractivity contribution < 1.29 is 19.3 Å². The fourth-order valence-corrected chi connectivity index (χ4v) is 3.07. The fraction of sp³-hybridized carbons (Fsp3) is 0.412. The summed E-state index contributed by atoms with van der Waals surface area (Å²) in [5.41, 5.74) is 2.44. The first kappa shape index (κ1) is 16.2. The molecule has 126 valence electrons. The van der Waals surface area contributed by atoms with Gasteiger partial charge in [0.25, 0.3) is 0 Å². The number of aromatic carboxylic acids is 1. The summed E-state index contributed by atoms with van der Waals surface area (Å²) in [7, 11) is 0. The molecule has 1 aliphatic heterocycles. The van der Waals surface area contributed by atoms with Gasteiger partial charge in [0.15, 0.2) is 0 Å². The van der Waals surface area contributed by atoms with E-state index in [2.05, 4.69) is 14.9 Å². The van der Waals surface area contributed by atoms with Crippen LogP contribution in [0.5, 0.6) is 0 Å². The molecule has 1 N–H and O–H groups in total. The van der Waals surface area contributed by atoms with Crippen molar-refractivity contribution in [2.24, 2.45) is 0 Å². The number of piperidine rings is 1. The highest BCUT2D eigenvalue weighted by Crippen LogP contribution is 2.28. The minimum atomic E-state index is -0.936.